The lowest BCUT2D eigenvalue weighted by molar-refractivity contribution is -0.122. The lowest BCUT2D eigenvalue weighted by atomic mass is 10.00. The van der Waals surface area contributed by atoms with E-state index in [0.29, 0.717) is 12.6 Å². The smallest absolute Gasteiger partial charge is 0.234 e. The van der Waals surface area contributed by atoms with Crippen LogP contribution in [0.2, 0.25) is 0 Å². The number of carbonyl (C=O) groups is 1. The maximum absolute atomic E-state index is 12.0. The van der Waals surface area contributed by atoms with E-state index >= 15 is 0 Å². The fourth-order valence-corrected chi connectivity index (χ4v) is 2.00. The van der Waals surface area contributed by atoms with Crippen LogP contribution in [-0.4, -0.2) is 30.4 Å². The van der Waals surface area contributed by atoms with Gasteiger partial charge in [0, 0.05) is 6.04 Å². The summed E-state index contributed by atoms with van der Waals surface area (Å²) in [6, 6.07) is 6.77. The molecule has 0 aliphatic heterocycles. The van der Waals surface area contributed by atoms with E-state index in [1.165, 1.54) is 16.7 Å². The number of benzene rings is 1. The van der Waals surface area contributed by atoms with E-state index in [1.54, 1.807) is 0 Å². The van der Waals surface area contributed by atoms with Crippen LogP contribution in [0.4, 0.5) is 0 Å². The molecule has 1 atom stereocenters. The van der Waals surface area contributed by atoms with E-state index < -0.39 is 0 Å². The first-order valence-corrected chi connectivity index (χ1v) is 6.88. The van der Waals surface area contributed by atoms with Crippen LogP contribution in [-0.2, 0) is 4.79 Å². The second-order valence-corrected chi connectivity index (χ2v) is 5.66. The average Bonchev–Trinajstić information content (AvgIpc) is 2.31. The van der Waals surface area contributed by atoms with Crippen LogP contribution in [0.25, 0.3) is 0 Å². The number of nitrogens with one attached hydrogen (secondary N) is 1. The second-order valence-electron chi connectivity index (χ2n) is 5.66. The Balaban J connectivity index is 2.66. The molecule has 0 aliphatic rings. The van der Waals surface area contributed by atoms with Crippen molar-refractivity contribution in [1.29, 1.82) is 0 Å². The van der Waals surface area contributed by atoms with Gasteiger partial charge in [-0.3, -0.25) is 9.69 Å². The Morgan fingerprint density at radius 2 is 1.89 bits per heavy atom. The predicted molar refractivity (Wildman–Crippen MR) is 80.2 cm³/mol. The van der Waals surface area contributed by atoms with E-state index in [0.717, 1.165) is 0 Å². The van der Waals surface area contributed by atoms with Crippen LogP contribution in [0.1, 0.15) is 43.5 Å². The second kappa shape index (κ2) is 6.71. The standard InChI is InChI=1S/C16H26N2O/c1-11(2)18(6)10-16(19)17-14(5)15-9-12(3)7-8-13(15)4/h7-9,11,14H,10H2,1-6H3,(H,17,19). The highest BCUT2D eigenvalue weighted by molar-refractivity contribution is 5.78. The third kappa shape index (κ3) is 4.67. The summed E-state index contributed by atoms with van der Waals surface area (Å²) in [7, 11) is 1.97. The molecule has 0 saturated heterocycles. The first kappa shape index (κ1) is 15.7. The lowest BCUT2D eigenvalue weighted by Gasteiger charge is -2.22. The highest BCUT2D eigenvalue weighted by atomic mass is 16.2. The number of aryl methyl sites for hydroxylation is 2. The minimum atomic E-state index is 0.0490. The van der Waals surface area contributed by atoms with Crippen molar-refractivity contribution in [3.05, 3.63) is 34.9 Å². The summed E-state index contributed by atoms with van der Waals surface area (Å²) in [6.45, 7) is 10.8. The van der Waals surface area contributed by atoms with Gasteiger partial charge in [0.2, 0.25) is 5.91 Å². The largest absolute Gasteiger partial charge is 0.348 e. The van der Waals surface area contributed by atoms with Gasteiger partial charge in [-0.05, 0) is 52.8 Å². The van der Waals surface area contributed by atoms with E-state index in [9.17, 15) is 4.79 Å². The Bertz CT molecular complexity index is 440. The highest BCUT2D eigenvalue weighted by Gasteiger charge is 2.14. The maximum atomic E-state index is 12.0. The van der Waals surface area contributed by atoms with Crippen molar-refractivity contribution in [2.24, 2.45) is 0 Å². The fourth-order valence-electron chi connectivity index (χ4n) is 2.00. The van der Waals surface area contributed by atoms with Gasteiger partial charge >= 0.3 is 0 Å². The highest BCUT2D eigenvalue weighted by Crippen LogP contribution is 2.18. The molecule has 106 valence electrons. The van der Waals surface area contributed by atoms with Crippen LogP contribution in [0, 0.1) is 13.8 Å². The lowest BCUT2D eigenvalue weighted by Crippen LogP contribution is -2.39. The predicted octanol–water partition coefficient (Wildman–Crippen LogP) is 2.82. The first-order chi connectivity index (χ1) is 8.81. The van der Waals surface area contributed by atoms with Gasteiger partial charge in [0.25, 0.3) is 0 Å². The molecule has 1 rings (SSSR count). The van der Waals surface area contributed by atoms with Crippen molar-refractivity contribution in [3.63, 3.8) is 0 Å². The van der Waals surface area contributed by atoms with E-state index in [1.807, 2.05) is 18.9 Å². The van der Waals surface area contributed by atoms with Crippen LogP contribution in [0.3, 0.4) is 0 Å². The minimum absolute atomic E-state index is 0.0490. The molecule has 1 amide bonds. The third-order valence-electron chi connectivity index (χ3n) is 3.55. The van der Waals surface area contributed by atoms with E-state index in [-0.39, 0.29) is 11.9 Å². The molecule has 0 aromatic heterocycles. The van der Waals surface area contributed by atoms with E-state index in [4.69, 9.17) is 0 Å². The Labute approximate surface area is 117 Å². The SMILES string of the molecule is Cc1ccc(C)c(C(C)NC(=O)CN(C)C(C)C)c1. The summed E-state index contributed by atoms with van der Waals surface area (Å²) in [4.78, 5) is 14.0. The van der Waals surface area contributed by atoms with Crippen molar-refractivity contribution >= 4 is 5.91 Å². The quantitative estimate of drug-likeness (QED) is 0.885. The monoisotopic (exact) mass is 262 g/mol. The average molecular weight is 262 g/mol. The van der Waals surface area contributed by atoms with Gasteiger partial charge in [-0.2, -0.15) is 0 Å². The molecule has 0 saturated carbocycles. The number of hydrogen-bond acceptors (Lipinski definition) is 2. The van der Waals surface area contributed by atoms with Crippen LogP contribution in [0.15, 0.2) is 18.2 Å². The molecule has 1 aromatic rings. The molecule has 0 heterocycles. The molecular weight excluding hydrogens is 236 g/mol. The number of carbonyl (C=O) groups excluding carboxylic acids is 1. The molecule has 1 N–H and O–H groups in total. The Morgan fingerprint density at radius 3 is 2.47 bits per heavy atom. The summed E-state index contributed by atoms with van der Waals surface area (Å²) in [6.07, 6.45) is 0. The first-order valence-electron chi connectivity index (χ1n) is 6.88. The molecular formula is C16H26N2O. The molecule has 0 fully saturated rings. The van der Waals surface area contributed by atoms with Crippen molar-refractivity contribution < 1.29 is 4.79 Å². The number of nitrogens with zero attached hydrogens (tertiary/aromatic N) is 1. The summed E-state index contributed by atoms with van der Waals surface area (Å²) in [5.74, 6) is 0.0737. The van der Waals surface area contributed by atoms with Crippen LogP contribution < -0.4 is 5.32 Å². The number of hydrogen-bond donors (Lipinski definition) is 1. The molecule has 3 heteroatoms. The zero-order valence-electron chi connectivity index (χ0n) is 12.9. The Kier molecular flexibility index (Phi) is 5.55. The number of rotatable bonds is 5. The van der Waals surface area contributed by atoms with Gasteiger partial charge in [-0.25, -0.2) is 0 Å². The molecule has 19 heavy (non-hydrogen) atoms. The van der Waals surface area contributed by atoms with Crippen LogP contribution >= 0.6 is 0 Å². The van der Waals surface area contributed by atoms with Gasteiger partial charge < -0.3 is 5.32 Å². The zero-order valence-corrected chi connectivity index (χ0v) is 12.9. The van der Waals surface area contributed by atoms with Gasteiger partial charge in [0.05, 0.1) is 12.6 Å². The molecule has 0 spiro atoms. The summed E-state index contributed by atoms with van der Waals surface area (Å²) in [5.41, 5.74) is 3.64. The van der Waals surface area contributed by atoms with Crippen molar-refractivity contribution in [2.45, 2.75) is 46.7 Å². The molecule has 0 bridgehead atoms. The molecule has 3 nitrogen and oxygen atoms in total. The van der Waals surface area contributed by atoms with Crippen molar-refractivity contribution in [1.82, 2.24) is 10.2 Å². The van der Waals surface area contributed by atoms with Gasteiger partial charge in [-0.1, -0.05) is 23.8 Å². The number of likely N-dealkylation sites (N-methyl/N-ethyl adjacent to an activating group) is 1. The number of amides is 1. The topological polar surface area (TPSA) is 32.3 Å². The normalized spacial score (nSPS) is 12.8. The molecule has 1 unspecified atom stereocenters. The van der Waals surface area contributed by atoms with Crippen molar-refractivity contribution in [3.8, 4) is 0 Å². The van der Waals surface area contributed by atoms with E-state index in [2.05, 4.69) is 51.2 Å². The molecule has 1 aromatic carbocycles. The Morgan fingerprint density at radius 1 is 1.26 bits per heavy atom. The molecule has 0 aliphatic carbocycles. The minimum Gasteiger partial charge on any atom is -0.348 e. The Hall–Kier alpha value is -1.35. The summed E-state index contributed by atoms with van der Waals surface area (Å²) in [5, 5.41) is 3.07. The fraction of sp³-hybridized carbons (Fsp3) is 0.562. The summed E-state index contributed by atoms with van der Waals surface area (Å²) < 4.78 is 0. The van der Waals surface area contributed by atoms with Crippen molar-refractivity contribution in [2.75, 3.05) is 13.6 Å². The third-order valence-corrected chi connectivity index (χ3v) is 3.55. The maximum Gasteiger partial charge on any atom is 0.234 e. The zero-order chi connectivity index (χ0) is 14.6. The van der Waals surface area contributed by atoms with Gasteiger partial charge in [-0.15, -0.1) is 0 Å². The van der Waals surface area contributed by atoms with Gasteiger partial charge in [0.15, 0.2) is 0 Å². The van der Waals surface area contributed by atoms with Crippen LogP contribution in [0.5, 0.6) is 0 Å². The van der Waals surface area contributed by atoms with Gasteiger partial charge in [0.1, 0.15) is 0 Å². The summed E-state index contributed by atoms with van der Waals surface area (Å²) >= 11 is 0. The molecule has 0 radical (unpaired) electrons.